The van der Waals surface area contributed by atoms with E-state index >= 15 is 0 Å². The van der Waals surface area contributed by atoms with Crippen molar-refractivity contribution >= 4 is 33.0 Å². The Labute approximate surface area is 185 Å². The molecule has 1 aromatic heterocycles. The smallest absolute Gasteiger partial charge is 0.199 e. The molecule has 4 rings (SSSR count). The van der Waals surface area contributed by atoms with Crippen LogP contribution >= 0.6 is 23.2 Å². The summed E-state index contributed by atoms with van der Waals surface area (Å²) in [7, 11) is -3.30. The summed E-state index contributed by atoms with van der Waals surface area (Å²) in [6.07, 6.45) is 1.68. The van der Waals surface area contributed by atoms with E-state index in [1.165, 1.54) is 6.26 Å². The Hall–Kier alpha value is -2.60. The van der Waals surface area contributed by atoms with Crippen LogP contribution in [0.5, 0.6) is 0 Å². The van der Waals surface area contributed by atoms with Crippen LogP contribution in [0.1, 0.15) is 11.5 Å². The van der Waals surface area contributed by atoms with E-state index in [0.29, 0.717) is 44.9 Å². The molecule has 0 bridgehead atoms. The number of sulfone groups is 1. The third-order valence-electron chi connectivity index (χ3n) is 4.60. The van der Waals surface area contributed by atoms with Crippen molar-refractivity contribution in [1.82, 2.24) is 4.98 Å². The predicted octanol–water partition coefficient (Wildman–Crippen LogP) is 6.31. The summed E-state index contributed by atoms with van der Waals surface area (Å²) in [5.41, 5.74) is 2.96. The van der Waals surface area contributed by atoms with E-state index in [2.05, 4.69) is 0 Å². The predicted molar refractivity (Wildman–Crippen MR) is 120 cm³/mol. The third-order valence-corrected chi connectivity index (χ3v) is 6.29. The van der Waals surface area contributed by atoms with Gasteiger partial charge in [0.15, 0.2) is 21.5 Å². The summed E-state index contributed by atoms with van der Waals surface area (Å²) in [5.74, 6) is 1.03. The first kappa shape index (κ1) is 20.7. The third kappa shape index (κ3) is 4.43. The van der Waals surface area contributed by atoms with Crippen LogP contribution in [-0.2, 0) is 16.3 Å². The first-order valence-corrected chi connectivity index (χ1v) is 11.8. The van der Waals surface area contributed by atoms with Gasteiger partial charge in [-0.3, -0.25) is 0 Å². The molecule has 0 saturated heterocycles. The van der Waals surface area contributed by atoms with Crippen molar-refractivity contribution in [2.24, 2.45) is 0 Å². The van der Waals surface area contributed by atoms with Crippen molar-refractivity contribution in [1.29, 1.82) is 0 Å². The molecule has 0 unspecified atom stereocenters. The molecule has 4 aromatic rings. The molecule has 0 saturated carbocycles. The van der Waals surface area contributed by atoms with Gasteiger partial charge in [-0.1, -0.05) is 53.5 Å². The minimum Gasteiger partial charge on any atom is -0.440 e. The van der Waals surface area contributed by atoms with Gasteiger partial charge in [-0.25, -0.2) is 13.4 Å². The lowest BCUT2D eigenvalue weighted by molar-refractivity contribution is 0.519. The van der Waals surface area contributed by atoms with Crippen molar-refractivity contribution in [3.8, 4) is 22.6 Å². The Morgan fingerprint density at radius 2 is 1.63 bits per heavy atom. The van der Waals surface area contributed by atoms with Crippen LogP contribution in [0.25, 0.3) is 22.6 Å². The Morgan fingerprint density at radius 3 is 2.30 bits per heavy atom. The van der Waals surface area contributed by atoms with E-state index in [1.54, 1.807) is 42.5 Å². The fourth-order valence-electron chi connectivity index (χ4n) is 3.12. The number of rotatable bonds is 5. The highest BCUT2D eigenvalue weighted by atomic mass is 35.5. The van der Waals surface area contributed by atoms with Crippen LogP contribution in [0, 0.1) is 0 Å². The van der Waals surface area contributed by atoms with E-state index in [-0.39, 0.29) is 4.90 Å². The van der Waals surface area contributed by atoms with Crippen LogP contribution in [0.2, 0.25) is 10.0 Å². The van der Waals surface area contributed by atoms with Gasteiger partial charge >= 0.3 is 0 Å². The molecule has 0 spiro atoms. The molecular formula is C23H17Cl2NO3S. The van der Waals surface area contributed by atoms with E-state index < -0.39 is 9.84 Å². The second-order valence-electron chi connectivity index (χ2n) is 6.87. The SMILES string of the molecule is CS(=O)(=O)c1ccc(-c2oc(Cc3ccccc3)nc2-c2cc(Cl)ccc2Cl)cc1. The highest BCUT2D eigenvalue weighted by Gasteiger charge is 2.20. The zero-order valence-corrected chi connectivity index (χ0v) is 18.3. The molecule has 30 heavy (non-hydrogen) atoms. The van der Waals surface area contributed by atoms with Gasteiger partial charge in [0, 0.05) is 28.8 Å². The van der Waals surface area contributed by atoms with Gasteiger partial charge in [0.25, 0.3) is 0 Å². The number of benzene rings is 3. The fraction of sp³-hybridized carbons (Fsp3) is 0.0870. The average Bonchev–Trinajstić information content (AvgIpc) is 3.13. The maximum atomic E-state index is 11.8. The number of halogens is 2. The Balaban J connectivity index is 1.84. The van der Waals surface area contributed by atoms with Crippen LogP contribution in [0.3, 0.4) is 0 Å². The quantitative estimate of drug-likeness (QED) is 0.352. The summed E-state index contributed by atoms with van der Waals surface area (Å²) in [6.45, 7) is 0. The molecule has 7 heteroatoms. The van der Waals surface area contributed by atoms with E-state index in [0.717, 1.165) is 5.56 Å². The number of oxazole rings is 1. The van der Waals surface area contributed by atoms with Crippen molar-refractivity contribution < 1.29 is 12.8 Å². The van der Waals surface area contributed by atoms with E-state index in [9.17, 15) is 8.42 Å². The maximum absolute atomic E-state index is 11.8. The molecule has 0 N–H and O–H groups in total. The molecule has 0 fully saturated rings. The fourth-order valence-corrected chi connectivity index (χ4v) is 4.13. The van der Waals surface area contributed by atoms with E-state index in [1.807, 2.05) is 30.3 Å². The first-order chi connectivity index (χ1) is 14.3. The van der Waals surface area contributed by atoms with Crippen LogP contribution in [-0.4, -0.2) is 19.7 Å². The molecule has 0 aliphatic rings. The minimum atomic E-state index is -3.30. The molecule has 1 heterocycles. The van der Waals surface area contributed by atoms with E-state index in [4.69, 9.17) is 32.6 Å². The largest absolute Gasteiger partial charge is 0.440 e. The van der Waals surface area contributed by atoms with Crippen molar-refractivity contribution in [2.75, 3.05) is 6.26 Å². The second kappa shape index (κ2) is 8.26. The Kier molecular flexibility index (Phi) is 5.69. The van der Waals surface area contributed by atoms with Crippen molar-refractivity contribution in [3.63, 3.8) is 0 Å². The molecule has 4 nitrogen and oxygen atoms in total. The Bertz CT molecular complexity index is 1300. The van der Waals surface area contributed by atoms with Gasteiger partial charge in [-0.2, -0.15) is 0 Å². The standard InChI is InChI=1S/C23H17Cl2NO3S/c1-30(27,28)18-10-7-16(8-11-18)23-22(19-14-17(24)9-12-20(19)25)26-21(29-23)13-15-5-3-2-4-6-15/h2-12,14H,13H2,1H3. The molecular weight excluding hydrogens is 441 g/mol. The summed E-state index contributed by atoms with van der Waals surface area (Å²) in [6, 6.07) is 21.5. The summed E-state index contributed by atoms with van der Waals surface area (Å²) >= 11 is 12.6. The second-order valence-corrected chi connectivity index (χ2v) is 9.73. The van der Waals surface area contributed by atoms with Gasteiger partial charge < -0.3 is 4.42 Å². The zero-order chi connectivity index (χ0) is 21.3. The lowest BCUT2D eigenvalue weighted by Crippen LogP contribution is -1.96. The molecule has 0 atom stereocenters. The zero-order valence-electron chi connectivity index (χ0n) is 16.0. The molecule has 3 aromatic carbocycles. The number of hydrogen-bond acceptors (Lipinski definition) is 4. The number of nitrogens with zero attached hydrogens (tertiary/aromatic N) is 1. The normalized spacial score (nSPS) is 11.6. The number of aromatic nitrogens is 1. The van der Waals surface area contributed by atoms with Gasteiger partial charge in [-0.05, 0) is 48.0 Å². The molecule has 0 radical (unpaired) electrons. The Morgan fingerprint density at radius 1 is 0.933 bits per heavy atom. The van der Waals surface area contributed by atoms with Crippen molar-refractivity contribution in [3.05, 3.63) is 94.3 Å². The molecule has 0 aliphatic carbocycles. The van der Waals surface area contributed by atoms with Crippen molar-refractivity contribution in [2.45, 2.75) is 11.3 Å². The summed E-state index contributed by atoms with van der Waals surface area (Å²) in [4.78, 5) is 4.93. The first-order valence-electron chi connectivity index (χ1n) is 9.11. The van der Waals surface area contributed by atoms with Gasteiger partial charge in [0.05, 0.1) is 9.92 Å². The van der Waals surface area contributed by atoms with Crippen LogP contribution in [0.15, 0.2) is 82.1 Å². The maximum Gasteiger partial charge on any atom is 0.199 e. The van der Waals surface area contributed by atoms with Crippen LogP contribution < -0.4 is 0 Å². The highest BCUT2D eigenvalue weighted by Crippen LogP contribution is 2.38. The average molecular weight is 458 g/mol. The highest BCUT2D eigenvalue weighted by molar-refractivity contribution is 7.90. The minimum absolute atomic E-state index is 0.234. The lowest BCUT2D eigenvalue weighted by atomic mass is 10.1. The van der Waals surface area contributed by atoms with Gasteiger partial charge in [0.2, 0.25) is 0 Å². The summed E-state index contributed by atoms with van der Waals surface area (Å²) < 4.78 is 29.7. The molecule has 0 amide bonds. The lowest BCUT2D eigenvalue weighted by Gasteiger charge is -2.05. The van der Waals surface area contributed by atoms with Crippen LogP contribution in [0.4, 0.5) is 0 Å². The van der Waals surface area contributed by atoms with Gasteiger partial charge in [0.1, 0.15) is 5.69 Å². The number of hydrogen-bond donors (Lipinski definition) is 0. The summed E-state index contributed by atoms with van der Waals surface area (Å²) in [5, 5.41) is 1.02. The molecule has 0 aliphatic heterocycles. The van der Waals surface area contributed by atoms with Gasteiger partial charge in [-0.15, -0.1) is 0 Å². The monoisotopic (exact) mass is 457 g/mol. The topological polar surface area (TPSA) is 60.2 Å². The molecule has 152 valence electrons.